The largest absolute Gasteiger partial charge is 0.398 e. The van der Waals surface area contributed by atoms with Crippen LogP contribution >= 0.6 is 15.9 Å². The normalized spacial score (nSPS) is 17.1. The number of piperidine rings is 1. The molecule has 0 aromatic heterocycles. The molecular formula is C15H22BrN3O. The smallest absolute Gasteiger partial charge is 0.216 e. The summed E-state index contributed by atoms with van der Waals surface area (Å²) >= 11 is 3.43. The lowest BCUT2D eigenvalue weighted by Crippen LogP contribution is -2.37. The Morgan fingerprint density at radius 2 is 2.15 bits per heavy atom. The summed E-state index contributed by atoms with van der Waals surface area (Å²) in [7, 11) is 0. The lowest BCUT2D eigenvalue weighted by molar-refractivity contribution is -0.119. The first-order valence-corrected chi connectivity index (χ1v) is 7.84. The second-order valence-electron chi connectivity index (χ2n) is 5.50. The predicted octanol–water partition coefficient (Wildman–Crippen LogP) is 2.38. The maximum Gasteiger partial charge on any atom is 0.216 e. The van der Waals surface area contributed by atoms with Crippen LogP contribution in [0.2, 0.25) is 0 Å². The molecule has 0 saturated carbocycles. The summed E-state index contributed by atoms with van der Waals surface area (Å²) in [4.78, 5) is 13.4. The first-order chi connectivity index (χ1) is 9.54. The van der Waals surface area contributed by atoms with Gasteiger partial charge in [0, 0.05) is 30.2 Å². The molecule has 1 heterocycles. The van der Waals surface area contributed by atoms with Gasteiger partial charge in [0.05, 0.1) is 0 Å². The van der Waals surface area contributed by atoms with Gasteiger partial charge in [-0.05, 0) is 49.5 Å². The van der Waals surface area contributed by atoms with E-state index in [9.17, 15) is 4.79 Å². The van der Waals surface area contributed by atoms with E-state index in [0.29, 0.717) is 5.92 Å². The van der Waals surface area contributed by atoms with Gasteiger partial charge in [0.2, 0.25) is 5.91 Å². The van der Waals surface area contributed by atoms with Gasteiger partial charge in [-0.3, -0.25) is 9.69 Å². The second-order valence-corrected chi connectivity index (χ2v) is 6.42. The molecule has 1 fully saturated rings. The molecule has 1 aromatic rings. The van der Waals surface area contributed by atoms with Crippen LogP contribution in [0.25, 0.3) is 0 Å². The molecule has 0 radical (unpaired) electrons. The van der Waals surface area contributed by atoms with Gasteiger partial charge in [0.25, 0.3) is 0 Å². The van der Waals surface area contributed by atoms with Crippen molar-refractivity contribution in [1.82, 2.24) is 10.2 Å². The quantitative estimate of drug-likeness (QED) is 0.828. The van der Waals surface area contributed by atoms with Crippen molar-refractivity contribution in [3.8, 4) is 0 Å². The highest BCUT2D eigenvalue weighted by atomic mass is 79.9. The average molecular weight is 340 g/mol. The van der Waals surface area contributed by atoms with E-state index in [-0.39, 0.29) is 5.91 Å². The predicted molar refractivity (Wildman–Crippen MR) is 85.2 cm³/mol. The van der Waals surface area contributed by atoms with Gasteiger partial charge in [-0.2, -0.15) is 0 Å². The Morgan fingerprint density at radius 1 is 1.45 bits per heavy atom. The van der Waals surface area contributed by atoms with Crippen molar-refractivity contribution in [3.05, 3.63) is 28.2 Å². The van der Waals surface area contributed by atoms with Crippen molar-refractivity contribution in [2.75, 3.05) is 25.4 Å². The number of hydrogen-bond acceptors (Lipinski definition) is 3. The van der Waals surface area contributed by atoms with Crippen LogP contribution in [0.4, 0.5) is 5.69 Å². The van der Waals surface area contributed by atoms with Gasteiger partial charge < -0.3 is 11.1 Å². The van der Waals surface area contributed by atoms with Crippen molar-refractivity contribution in [1.29, 1.82) is 0 Å². The zero-order valence-corrected chi connectivity index (χ0v) is 13.4. The van der Waals surface area contributed by atoms with Gasteiger partial charge >= 0.3 is 0 Å². The summed E-state index contributed by atoms with van der Waals surface area (Å²) in [5.74, 6) is 0.674. The van der Waals surface area contributed by atoms with E-state index >= 15 is 0 Å². The fraction of sp³-hybridized carbons (Fsp3) is 0.533. The maximum absolute atomic E-state index is 10.9. The van der Waals surface area contributed by atoms with Gasteiger partial charge in [0.15, 0.2) is 0 Å². The molecule has 1 amide bonds. The van der Waals surface area contributed by atoms with Crippen molar-refractivity contribution in [3.63, 3.8) is 0 Å². The van der Waals surface area contributed by atoms with E-state index < -0.39 is 0 Å². The SMILES string of the molecule is CC(=O)NCC1CCN(Cc2ccc(Br)cc2N)CC1. The van der Waals surface area contributed by atoms with E-state index in [0.717, 1.165) is 49.2 Å². The third-order valence-electron chi connectivity index (χ3n) is 3.85. The number of hydrogen-bond donors (Lipinski definition) is 2. The van der Waals surface area contributed by atoms with Crippen LogP contribution in [0.3, 0.4) is 0 Å². The zero-order chi connectivity index (χ0) is 14.5. The summed E-state index contributed by atoms with van der Waals surface area (Å²) in [5, 5.41) is 2.91. The fourth-order valence-electron chi connectivity index (χ4n) is 2.59. The van der Waals surface area contributed by atoms with E-state index in [1.807, 2.05) is 12.1 Å². The Labute approximate surface area is 128 Å². The van der Waals surface area contributed by atoms with E-state index in [2.05, 4.69) is 32.2 Å². The Bertz CT molecular complexity index is 470. The first-order valence-electron chi connectivity index (χ1n) is 7.05. The molecule has 0 bridgehead atoms. The molecule has 20 heavy (non-hydrogen) atoms. The van der Waals surface area contributed by atoms with Gasteiger partial charge in [-0.15, -0.1) is 0 Å². The van der Waals surface area contributed by atoms with Crippen LogP contribution in [-0.2, 0) is 11.3 Å². The Hall–Kier alpha value is -1.07. The topological polar surface area (TPSA) is 58.4 Å². The lowest BCUT2D eigenvalue weighted by Gasteiger charge is -2.32. The molecule has 5 heteroatoms. The van der Waals surface area contributed by atoms with Crippen LogP contribution in [0.1, 0.15) is 25.3 Å². The minimum atomic E-state index is 0.0649. The molecule has 3 N–H and O–H groups in total. The minimum Gasteiger partial charge on any atom is -0.398 e. The number of nitrogens with two attached hydrogens (primary N) is 1. The number of nitrogens with one attached hydrogen (secondary N) is 1. The monoisotopic (exact) mass is 339 g/mol. The van der Waals surface area contributed by atoms with Crippen molar-refractivity contribution < 1.29 is 4.79 Å². The summed E-state index contributed by atoms with van der Waals surface area (Å²) in [6.45, 7) is 5.43. The Morgan fingerprint density at radius 3 is 2.75 bits per heavy atom. The molecule has 2 rings (SSSR count). The third kappa shape index (κ3) is 4.49. The number of amides is 1. The number of rotatable bonds is 4. The summed E-state index contributed by atoms with van der Waals surface area (Å²) in [5.41, 5.74) is 8.08. The van der Waals surface area contributed by atoms with E-state index in [4.69, 9.17) is 5.73 Å². The molecule has 1 aliphatic rings. The number of benzene rings is 1. The van der Waals surface area contributed by atoms with Crippen LogP contribution < -0.4 is 11.1 Å². The van der Waals surface area contributed by atoms with E-state index in [1.54, 1.807) is 6.92 Å². The molecule has 0 unspecified atom stereocenters. The molecule has 1 saturated heterocycles. The number of nitrogens with zero attached hydrogens (tertiary/aromatic N) is 1. The Balaban J connectivity index is 1.80. The highest BCUT2D eigenvalue weighted by Gasteiger charge is 2.19. The Kier molecular flexibility index (Phi) is 5.43. The number of carbonyl (C=O) groups excluding carboxylic acids is 1. The molecular weight excluding hydrogens is 318 g/mol. The van der Waals surface area contributed by atoms with Crippen molar-refractivity contribution in [2.24, 2.45) is 5.92 Å². The van der Waals surface area contributed by atoms with Crippen molar-refractivity contribution in [2.45, 2.75) is 26.3 Å². The van der Waals surface area contributed by atoms with Gasteiger partial charge in [-0.1, -0.05) is 22.0 Å². The number of carbonyl (C=O) groups is 1. The first kappa shape index (κ1) is 15.3. The van der Waals surface area contributed by atoms with E-state index in [1.165, 1.54) is 5.56 Å². The average Bonchev–Trinajstić information content (AvgIpc) is 2.41. The standard InChI is InChI=1S/C15H22BrN3O/c1-11(20)18-9-12-4-6-19(7-5-12)10-13-2-3-14(16)8-15(13)17/h2-3,8,12H,4-7,9-10,17H2,1H3,(H,18,20). The summed E-state index contributed by atoms with van der Waals surface area (Å²) in [6.07, 6.45) is 2.27. The molecule has 0 atom stereocenters. The molecule has 0 aliphatic carbocycles. The maximum atomic E-state index is 10.9. The van der Waals surface area contributed by atoms with Crippen LogP contribution in [0.15, 0.2) is 22.7 Å². The van der Waals surface area contributed by atoms with Crippen LogP contribution in [0, 0.1) is 5.92 Å². The highest BCUT2D eigenvalue weighted by Crippen LogP contribution is 2.23. The molecule has 1 aromatic carbocycles. The summed E-state index contributed by atoms with van der Waals surface area (Å²) in [6, 6.07) is 6.08. The van der Waals surface area contributed by atoms with Crippen LogP contribution in [-0.4, -0.2) is 30.4 Å². The van der Waals surface area contributed by atoms with Gasteiger partial charge in [0.1, 0.15) is 0 Å². The van der Waals surface area contributed by atoms with Gasteiger partial charge in [-0.25, -0.2) is 0 Å². The number of anilines is 1. The molecule has 0 spiro atoms. The molecule has 1 aliphatic heterocycles. The van der Waals surface area contributed by atoms with Crippen molar-refractivity contribution >= 4 is 27.5 Å². The molecule has 4 nitrogen and oxygen atoms in total. The second kappa shape index (κ2) is 7.09. The molecule has 110 valence electrons. The summed E-state index contributed by atoms with van der Waals surface area (Å²) < 4.78 is 1.02. The zero-order valence-electron chi connectivity index (χ0n) is 11.9. The number of likely N-dealkylation sites (tertiary alicyclic amines) is 1. The van der Waals surface area contributed by atoms with Crippen LogP contribution in [0.5, 0.6) is 0 Å². The third-order valence-corrected chi connectivity index (χ3v) is 4.34. The minimum absolute atomic E-state index is 0.0649. The fourth-order valence-corrected chi connectivity index (χ4v) is 2.97. The lowest BCUT2D eigenvalue weighted by atomic mass is 9.96. The number of halogens is 1. The highest BCUT2D eigenvalue weighted by molar-refractivity contribution is 9.10. The number of nitrogen functional groups attached to an aromatic ring is 1.